The van der Waals surface area contributed by atoms with Crippen molar-refractivity contribution in [2.45, 2.75) is 44.2 Å². The van der Waals surface area contributed by atoms with Crippen LogP contribution in [-0.2, 0) is 0 Å². The van der Waals surface area contributed by atoms with E-state index in [1.54, 1.807) is 0 Å². The molecule has 0 aliphatic carbocycles. The van der Waals surface area contributed by atoms with E-state index in [1.807, 2.05) is 0 Å². The van der Waals surface area contributed by atoms with Crippen molar-refractivity contribution >= 4 is 0 Å². The number of fused-ring (bicyclic) bond motifs is 4. The Balaban J connectivity index is 1.71. The second-order valence-corrected chi connectivity index (χ2v) is 5.85. The molecular weight excluding hydrogens is 196 g/mol. The van der Waals surface area contributed by atoms with Gasteiger partial charge in [0.1, 0.15) is 0 Å². The van der Waals surface area contributed by atoms with Gasteiger partial charge in [-0.15, -0.1) is 6.58 Å². The molecule has 0 aromatic rings. The third kappa shape index (κ3) is 1.82. The zero-order valence-corrected chi connectivity index (χ0v) is 10.2. The first-order valence-electron chi connectivity index (χ1n) is 6.97. The highest BCUT2D eigenvalue weighted by Gasteiger charge is 2.42. The molecule has 0 aromatic heterocycles. The summed E-state index contributed by atoms with van der Waals surface area (Å²) in [6, 6.07) is 1.61. The average Bonchev–Trinajstić information content (AvgIpc) is 2.33. The average molecular weight is 220 g/mol. The van der Waals surface area contributed by atoms with Crippen LogP contribution in [0.5, 0.6) is 0 Å². The Morgan fingerprint density at radius 3 is 3.12 bits per heavy atom. The van der Waals surface area contributed by atoms with Crippen LogP contribution < -0.4 is 5.32 Å². The van der Waals surface area contributed by atoms with Crippen LogP contribution in [0, 0.1) is 11.8 Å². The van der Waals surface area contributed by atoms with Crippen LogP contribution >= 0.6 is 0 Å². The van der Waals surface area contributed by atoms with E-state index in [1.165, 1.54) is 45.3 Å². The minimum absolute atomic E-state index is 0.705. The van der Waals surface area contributed by atoms with Gasteiger partial charge in [-0.25, -0.2) is 0 Å². The van der Waals surface area contributed by atoms with E-state index in [0.29, 0.717) is 6.04 Å². The van der Waals surface area contributed by atoms with Crippen molar-refractivity contribution in [1.29, 1.82) is 0 Å². The lowest BCUT2D eigenvalue weighted by molar-refractivity contribution is -0.00644. The third-order valence-corrected chi connectivity index (χ3v) is 4.91. The van der Waals surface area contributed by atoms with E-state index in [0.717, 1.165) is 24.3 Å². The summed E-state index contributed by atoms with van der Waals surface area (Å²) in [5.74, 6) is 1.81. The number of rotatable bonds is 2. The highest BCUT2D eigenvalue weighted by Crippen LogP contribution is 2.37. The smallest absolute Gasteiger partial charge is 0.0142 e. The zero-order chi connectivity index (χ0) is 11.0. The van der Waals surface area contributed by atoms with E-state index in [9.17, 15) is 0 Å². The molecule has 90 valence electrons. The summed E-state index contributed by atoms with van der Waals surface area (Å²) in [6.45, 7) is 7.83. The molecular formula is C14H24N2. The predicted octanol–water partition coefficient (Wildman–Crippen LogP) is 2.02. The Labute approximate surface area is 99.1 Å². The van der Waals surface area contributed by atoms with Gasteiger partial charge in [-0.1, -0.05) is 12.5 Å². The molecule has 0 spiro atoms. The van der Waals surface area contributed by atoms with Crippen LogP contribution in [0.3, 0.4) is 0 Å². The molecule has 3 fully saturated rings. The monoisotopic (exact) mass is 220 g/mol. The fraction of sp³-hybridized carbons (Fsp3) is 0.857. The van der Waals surface area contributed by atoms with Crippen LogP contribution in [0.25, 0.3) is 0 Å². The molecule has 3 aliphatic heterocycles. The molecule has 4 atom stereocenters. The fourth-order valence-corrected chi connectivity index (χ4v) is 4.13. The number of piperidine rings is 3. The molecule has 0 saturated carbocycles. The molecule has 3 heterocycles. The molecule has 3 saturated heterocycles. The summed E-state index contributed by atoms with van der Waals surface area (Å²) in [6.07, 6.45) is 9.03. The molecule has 2 heteroatoms. The van der Waals surface area contributed by atoms with Crippen molar-refractivity contribution in [2.24, 2.45) is 11.8 Å². The second kappa shape index (κ2) is 4.50. The van der Waals surface area contributed by atoms with Gasteiger partial charge in [-0.2, -0.15) is 0 Å². The minimum Gasteiger partial charge on any atom is -0.313 e. The number of nitrogens with zero attached hydrogens (tertiary/aromatic N) is 1. The van der Waals surface area contributed by atoms with Crippen molar-refractivity contribution in [3.8, 4) is 0 Å². The van der Waals surface area contributed by atoms with Crippen LogP contribution in [0.4, 0.5) is 0 Å². The highest BCUT2D eigenvalue weighted by molar-refractivity contribution is 4.99. The third-order valence-electron chi connectivity index (χ3n) is 4.91. The van der Waals surface area contributed by atoms with Crippen LogP contribution in [-0.4, -0.2) is 36.6 Å². The Morgan fingerprint density at radius 1 is 1.31 bits per heavy atom. The normalized spacial score (nSPS) is 43.8. The van der Waals surface area contributed by atoms with E-state index in [4.69, 9.17) is 0 Å². The van der Waals surface area contributed by atoms with Gasteiger partial charge < -0.3 is 5.32 Å². The highest BCUT2D eigenvalue weighted by atomic mass is 15.2. The molecule has 1 N–H and O–H groups in total. The van der Waals surface area contributed by atoms with Gasteiger partial charge in [0, 0.05) is 18.6 Å². The summed E-state index contributed by atoms with van der Waals surface area (Å²) < 4.78 is 0. The molecule has 2 nitrogen and oxygen atoms in total. The Hall–Kier alpha value is -0.340. The molecule has 0 radical (unpaired) electrons. The van der Waals surface area contributed by atoms with Crippen LogP contribution in [0.2, 0.25) is 0 Å². The maximum absolute atomic E-state index is 3.89. The lowest BCUT2D eigenvalue weighted by Crippen LogP contribution is -2.61. The van der Waals surface area contributed by atoms with Crippen molar-refractivity contribution in [3.63, 3.8) is 0 Å². The predicted molar refractivity (Wildman–Crippen MR) is 67.4 cm³/mol. The van der Waals surface area contributed by atoms with E-state index >= 15 is 0 Å². The summed E-state index contributed by atoms with van der Waals surface area (Å²) >= 11 is 0. The van der Waals surface area contributed by atoms with Crippen LogP contribution in [0.15, 0.2) is 12.7 Å². The SMILES string of the molecule is C=CC[C@@H]1NC[C@@H]2C[C@H]1CN1CCCC[C@H]21. The maximum atomic E-state index is 3.89. The lowest BCUT2D eigenvalue weighted by atomic mass is 9.73. The van der Waals surface area contributed by atoms with Crippen molar-refractivity contribution in [1.82, 2.24) is 10.2 Å². The summed E-state index contributed by atoms with van der Waals surface area (Å²) in [4.78, 5) is 2.79. The summed E-state index contributed by atoms with van der Waals surface area (Å²) in [7, 11) is 0. The molecule has 2 bridgehead atoms. The van der Waals surface area contributed by atoms with Crippen LogP contribution in [0.1, 0.15) is 32.1 Å². The van der Waals surface area contributed by atoms with E-state index in [2.05, 4.69) is 22.9 Å². The molecule has 0 unspecified atom stereocenters. The van der Waals surface area contributed by atoms with E-state index in [-0.39, 0.29) is 0 Å². The largest absolute Gasteiger partial charge is 0.313 e. The topological polar surface area (TPSA) is 15.3 Å². The quantitative estimate of drug-likeness (QED) is 0.716. The number of hydrogen-bond donors (Lipinski definition) is 1. The van der Waals surface area contributed by atoms with Crippen molar-refractivity contribution in [2.75, 3.05) is 19.6 Å². The summed E-state index contributed by atoms with van der Waals surface area (Å²) in [5.41, 5.74) is 0. The molecule has 16 heavy (non-hydrogen) atoms. The lowest BCUT2D eigenvalue weighted by Gasteiger charge is -2.52. The molecule has 3 rings (SSSR count). The molecule has 0 aromatic carbocycles. The first-order valence-corrected chi connectivity index (χ1v) is 6.97. The van der Waals surface area contributed by atoms with Gasteiger partial charge in [0.05, 0.1) is 0 Å². The van der Waals surface area contributed by atoms with Gasteiger partial charge in [-0.05, 0) is 50.6 Å². The molecule has 0 amide bonds. The van der Waals surface area contributed by atoms with Crippen molar-refractivity contribution in [3.05, 3.63) is 12.7 Å². The van der Waals surface area contributed by atoms with Crippen molar-refractivity contribution < 1.29 is 0 Å². The second-order valence-electron chi connectivity index (χ2n) is 5.85. The number of hydrogen-bond acceptors (Lipinski definition) is 2. The Bertz CT molecular complexity index is 261. The Morgan fingerprint density at radius 2 is 2.25 bits per heavy atom. The first kappa shape index (κ1) is 10.8. The van der Waals surface area contributed by atoms with Gasteiger partial charge in [0.15, 0.2) is 0 Å². The maximum Gasteiger partial charge on any atom is 0.0142 e. The summed E-state index contributed by atoms with van der Waals surface area (Å²) in [5, 5.41) is 3.76. The van der Waals surface area contributed by atoms with Gasteiger partial charge in [-0.3, -0.25) is 4.90 Å². The van der Waals surface area contributed by atoms with Gasteiger partial charge in [0.25, 0.3) is 0 Å². The Kier molecular flexibility index (Phi) is 3.03. The van der Waals surface area contributed by atoms with Gasteiger partial charge >= 0.3 is 0 Å². The zero-order valence-electron chi connectivity index (χ0n) is 10.2. The fourth-order valence-electron chi connectivity index (χ4n) is 4.13. The number of nitrogens with one attached hydrogen (secondary N) is 1. The standard InChI is InChI=1S/C14H24N2/c1-2-5-13-12-8-11(9-15-13)14-6-3-4-7-16(14)10-12/h2,11-15H,1,3-10H2/t11-,12-,13-,14+/m0/s1. The van der Waals surface area contributed by atoms with E-state index < -0.39 is 0 Å². The first-order chi connectivity index (χ1) is 7.88. The minimum atomic E-state index is 0.705. The van der Waals surface area contributed by atoms with Gasteiger partial charge in [0.2, 0.25) is 0 Å². The molecule has 3 aliphatic rings.